The maximum Gasteiger partial charge on any atom is 0.317 e. The second-order valence-electron chi connectivity index (χ2n) is 7.46. The zero-order valence-corrected chi connectivity index (χ0v) is 13.3. The van der Waals surface area contributed by atoms with E-state index in [1.807, 2.05) is 0 Å². The van der Waals surface area contributed by atoms with Gasteiger partial charge in [-0.25, -0.2) is 4.79 Å². The van der Waals surface area contributed by atoms with Crippen LogP contribution in [-0.4, -0.2) is 41.6 Å². The van der Waals surface area contributed by atoms with Crippen LogP contribution in [0.1, 0.15) is 47.5 Å². The molecule has 1 heterocycles. The van der Waals surface area contributed by atoms with Gasteiger partial charge in [0, 0.05) is 19.6 Å². The second-order valence-corrected chi connectivity index (χ2v) is 7.46. The summed E-state index contributed by atoms with van der Waals surface area (Å²) in [6, 6.07) is -0.146. The molecule has 1 rings (SSSR count). The van der Waals surface area contributed by atoms with Gasteiger partial charge in [-0.1, -0.05) is 27.7 Å². The predicted molar refractivity (Wildman–Crippen MR) is 78.6 cm³/mol. The summed E-state index contributed by atoms with van der Waals surface area (Å²) >= 11 is 0. The van der Waals surface area contributed by atoms with Gasteiger partial charge in [0.1, 0.15) is 0 Å². The first-order chi connectivity index (χ1) is 9.06. The molecule has 0 radical (unpaired) electrons. The summed E-state index contributed by atoms with van der Waals surface area (Å²) in [5.74, 6) is -0.239. The fourth-order valence-electron chi connectivity index (χ4n) is 2.91. The number of nitrogens with zero attached hydrogens (tertiary/aromatic N) is 1. The number of carbonyl (C=O) groups excluding carboxylic acids is 1. The van der Waals surface area contributed by atoms with Gasteiger partial charge in [-0.2, -0.15) is 0 Å². The first-order valence-electron chi connectivity index (χ1n) is 7.32. The SMILES string of the molecule is CC(C)CC(C)(C)CNC(=O)N1CCC(C)(C(=O)O)C1. The third kappa shape index (κ3) is 4.39. The van der Waals surface area contributed by atoms with E-state index in [1.165, 1.54) is 0 Å². The van der Waals surface area contributed by atoms with Crippen molar-refractivity contribution in [2.45, 2.75) is 47.5 Å². The van der Waals surface area contributed by atoms with Crippen molar-refractivity contribution in [3.8, 4) is 0 Å². The Morgan fingerprint density at radius 1 is 1.40 bits per heavy atom. The molecule has 0 bridgehead atoms. The topological polar surface area (TPSA) is 69.6 Å². The number of urea groups is 1. The van der Waals surface area contributed by atoms with Crippen LogP contribution in [0.2, 0.25) is 0 Å². The molecule has 0 saturated carbocycles. The Morgan fingerprint density at radius 3 is 2.45 bits per heavy atom. The normalized spacial score (nSPS) is 23.2. The summed E-state index contributed by atoms with van der Waals surface area (Å²) in [6.07, 6.45) is 1.56. The maximum atomic E-state index is 12.1. The number of amides is 2. The van der Waals surface area contributed by atoms with Crippen molar-refractivity contribution in [2.24, 2.45) is 16.7 Å². The van der Waals surface area contributed by atoms with E-state index in [9.17, 15) is 14.7 Å². The lowest BCUT2D eigenvalue weighted by Crippen LogP contribution is -2.44. The lowest BCUT2D eigenvalue weighted by atomic mass is 9.84. The van der Waals surface area contributed by atoms with Gasteiger partial charge >= 0.3 is 12.0 Å². The van der Waals surface area contributed by atoms with Crippen LogP contribution in [-0.2, 0) is 4.79 Å². The molecular weight excluding hydrogens is 256 g/mol. The molecule has 2 amide bonds. The Balaban J connectivity index is 2.47. The Labute approximate surface area is 121 Å². The van der Waals surface area contributed by atoms with Gasteiger partial charge in [0.15, 0.2) is 0 Å². The van der Waals surface area contributed by atoms with Crippen LogP contribution < -0.4 is 5.32 Å². The number of hydrogen-bond acceptors (Lipinski definition) is 2. The number of likely N-dealkylation sites (tertiary alicyclic amines) is 1. The standard InChI is InChI=1S/C15H28N2O3/c1-11(2)8-14(3,4)9-16-13(20)17-7-6-15(5,10-17)12(18)19/h11H,6-10H2,1-5H3,(H,16,20)(H,18,19). The van der Waals surface area contributed by atoms with Gasteiger partial charge in [0.25, 0.3) is 0 Å². The summed E-state index contributed by atoms with van der Waals surface area (Å²) in [5.41, 5.74) is -0.746. The molecular formula is C15H28N2O3. The molecule has 1 atom stereocenters. The number of aliphatic carboxylic acids is 1. The van der Waals surface area contributed by atoms with Gasteiger partial charge in [0.05, 0.1) is 5.41 Å². The van der Waals surface area contributed by atoms with E-state index in [4.69, 9.17) is 0 Å². The average Bonchev–Trinajstić information content (AvgIpc) is 2.69. The molecule has 1 aliphatic heterocycles. The molecule has 0 aliphatic carbocycles. The quantitative estimate of drug-likeness (QED) is 0.815. The molecule has 5 heteroatoms. The summed E-state index contributed by atoms with van der Waals surface area (Å²) in [7, 11) is 0. The predicted octanol–water partition coefficient (Wildman–Crippen LogP) is 2.56. The van der Waals surface area contributed by atoms with Gasteiger partial charge in [0.2, 0.25) is 0 Å². The number of carboxylic acids is 1. The molecule has 20 heavy (non-hydrogen) atoms. The Bertz CT molecular complexity index is 379. The zero-order valence-electron chi connectivity index (χ0n) is 13.3. The average molecular weight is 284 g/mol. The van der Waals surface area contributed by atoms with E-state index in [0.717, 1.165) is 6.42 Å². The minimum atomic E-state index is -0.826. The second kappa shape index (κ2) is 6.02. The van der Waals surface area contributed by atoms with Crippen LogP contribution in [0.3, 0.4) is 0 Å². The van der Waals surface area contributed by atoms with Gasteiger partial charge in [-0.3, -0.25) is 4.79 Å². The Hall–Kier alpha value is -1.26. The molecule has 0 aromatic carbocycles. The molecule has 0 aromatic rings. The third-order valence-electron chi connectivity index (χ3n) is 3.96. The smallest absolute Gasteiger partial charge is 0.317 e. The van der Waals surface area contributed by atoms with E-state index < -0.39 is 11.4 Å². The fourth-order valence-corrected chi connectivity index (χ4v) is 2.91. The van der Waals surface area contributed by atoms with Crippen LogP contribution in [0.25, 0.3) is 0 Å². The lowest BCUT2D eigenvalue weighted by Gasteiger charge is -2.28. The van der Waals surface area contributed by atoms with Gasteiger partial charge in [-0.05, 0) is 31.1 Å². The summed E-state index contributed by atoms with van der Waals surface area (Å²) in [5, 5.41) is 12.1. The summed E-state index contributed by atoms with van der Waals surface area (Å²) in [6.45, 7) is 11.7. The van der Waals surface area contributed by atoms with Crippen molar-refractivity contribution in [3.05, 3.63) is 0 Å². The molecule has 1 aliphatic rings. The molecule has 1 unspecified atom stereocenters. The van der Waals surface area contributed by atoms with Crippen LogP contribution >= 0.6 is 0 Å². The van der Waals surface area contributed by atoms with Gasteiger partial charge in [-0.15, -0.1) is 0 Å². The monoisotopic (exact) mass is 284 g/mol. The van der Waals surface area contributed by atoms with E-state index in [1.54, 1.807) is 11.8 Å². The van der Waals surface area contributed by atoms with Crippen molar-refractivity contribution < 1.29 is 14.7 Å². The molecule has 1 saturated heterocycles. The van der Waals surface area contributed by atoms with E-state index in [0.29, 0.717) is 32.0 Å². The Morgan fingerprint density at radius 2 is 2.00 bits per heavy atom. The van der Waals surface area contributed by atoms with Crippen LogP contribution in [0.5, 0.6) is 0 Å². The first kappa shape index (κ1) is 16.8. The van der Waals surface area contributed by atoms with Crippen LogP contribution in [0, 0.1) is 16.7 Å². The molecule has 116 valence electrons. The largest absolute Gasteiger partial charge is 0.481 e. The summed E-state index contributed by atoms with van der Waals surface area (Å²) in [4.78, 5) is 24.9. The molecule has 1 fully saturated rings. The highest BCUT2D eigenvalue weighted by Crippen LogP contribution is 2.30. The number of carboxylic acid groups (broad SMARTS) is 1. The number of hydrogen-bond donors (Lipinski definition) is 2. The minimum Gasteiger partial charge on any atom is -0.481 e. The van der Waals surface area contributed by atoms with Gasteiger partial charge < -0.3 is 15.3 Å². The highest BCUT2D eigenvalue weighted by Gasteiger charge is 2.42. The fraction of sp³-hybridized carbons (Fsp3) is 0.867. The highest BCUT2D eigenvalue weighted by atomic mass is 16.4. The molecule has 5 nitrogen and oxygen atoms in total. The van der Waals surface area contributed by atoms with E-state index in [-0.39, 0.29) is 11.4 Å². The van der Waals surface area contributed by atoms with Crippen molar-refractivity contribution in [3.63, 3.8) is 0 Å². The van der Waals surface area contributed by atoms with Crippen LogP contribution in [0.4, 0.5) is 4.79 Å². The molecule has 2 N–H and O–H groups in total. The molecule has 0 aromatic heterocycles. The number of carbonyl (C=O) groups is 2. The maximum absolute atomic E-state index is 12.1. The van der Waals surface area contributed by atoms with Crippen molar-refractivity contribution in [1.82, 2.24) is 10.2 Å². The zero-order chi connectivity index (χ0) is 15.6. The van der Waals surface area contributed by atoms with E-state index >= 15 is 0 Å². The highest BCUT2D eigenvalue weighted by molar-refractivity contribution is 5.79. The lowest BCUT2D eigenvalue weighted by molar-refractivity contribution is -0.147. The van der Waals surface area contributed by atoms with Crippen molar-refractivity contribution in [2.75, 3.05) is 19.6 Å². The summed E-state index contributed by atoms with van der Waals surface area (Å²) < 4.78 is 0. The first-order valence-corrected chi connectivity index (χ1v) is 7.32. The number of nitrogens with one attached hydrogen (secondary N) is 1. The Kier molecular flexibility index (Phi) is 5.05. The third-order valence-corrected chi connectivity index (χ3v) is 3.96. The van der Waals surface area contributed by atoms with Crippen LogP contribution in [0.15, 0.2) is 0 Å². The number of rotatable bonds is 5. The van der Waals surface area contributed by atoms with Crippen molar-refractivity contribution in [1.29, 1.82) is 0 Å². The van der Waals surface area contributed by atoms with Crippen molar-refractivity contribution >= 4 is 12.0 Å². The minimum absolute atomic E-state index is 0.0552. The molecule has 0 spiro atoms. The van der Waals surface area contributed by atoms with E-state index in [2.05, 4.69) is 33.0 Å².